The van der Waals surface area contributed by atoms with Crippen LogP contribution in [0.1, 0.15) is 31.2 Å². The van der Waals surface area contributed by atoms with Gasteiger partial charge in [0.15, 0.2) is 0 Å². The summed E-state index contributed by atoms with van der Waals surface area (Å²) in [5.41, 5.74) is 7.78. The van der Waals surface area contributed by atoms with E-state index in [1.54, 1.807) is 6.07 Å². The van der Waals surface area contributed by atoms with E-state index < -0.39 is 0 Å². The summed E-state index contributed by atoms with van der Waals surface area (Å²) >= 11 is 0. The molecular formula is C15H21N3O. The molecule has 19 heavy (non-hydrogen) atoms. The second-order valence-electron chi connectivity index (χ2n) is 5.25. The number of nitriles is 1. The van der Waals surface area contributed by atoms with E-state index in [2.05, 4.69) is 11.4 Å². The maximum Gasteiger partial charge on any atom is 0.101 e. The Morgan fingerprint density at radius 2 is 2.05 bits per heavy atom. The molecule has 0 aromatic heterocycles. The minimum atomic E-state index is 0.264. The lowest BCUT2D eigenvalue weighted by Gasteiger charge is -2.30. The molecule has 1 aromatic carbocycles. The molecule has 1 fully saturated rings. The molecule has 0 saturated heterocycles. The van der Waals surface area contributed by atoms with Crippen LogP contribution in [0.2, 0.25) is 0 Å². The fourth-order valence-corrected chi connectivity index (χ4v) is 2.85. The van der Waals surface area contributed by atoms with E-state index in [-0.39, 0.29) is 6.61 Å². The van der Waals surface area contributed by atoms with Gasteiger partial charge >= 0.3 is 0 Å². The first-order valence-electron chi connectivity index (χ1n) is 6.89. The smallest absolute Gasteiger partial charge is 0.101 e. The summed E-state index contributed by atoms with van der Waals surface area (Å²) in [5.74, 6) is 0.880. The van der Waals surface area contributed by atoms with E-state index in [4.69, 9.17) is 11.0 Å². The van der Waals surface area contributed by atoms with Crippen LogP contribution in [0.4, 0.5) is 11.4 Å². The van der Waals surface area contributed by atoms with E-state index in [1.165, 1.54) is 12.8 Å². The van der Waals surface area contributed by atoms with Crippen molar-refractivity contribution in [2.45, 2.75) is 25.7 Å². The fourth-order valence-electron chi connectivity index (χ4n) is 2.85. The Bertz CT molecular complexity index is 467. The molecule has 0 radical (unpaired) electrons. The summed E-state index contributed by atoms with van der Waals surface area (Å²) in [7, 11) is 0. The number of aliphatic hydroxyl groups is 1. The molecule has 102 valence electrons. The number of hydrogen-bond acceptors (Lipinski definition) is 4. The molecule has 0 amide bonds. The van der Waals surface area contributed by atoms with Gasteiger partial charge in [-0.05, 0) is 36.8 Å². The lowest BCUT2D eigenvalue weighted by Crippen LogP contribution is -2.28. The van der Waals surface area contributed by atoms with Gasteiger partial charge in [-0.2, -0.15) is 5.26 Å². The third-order valence-electron chi connectivity index (χ3n) is 4.08. The number of anilines is 2. The highest BCUT2D eigenvalue weighted by atomic mass is 16.3. The Balaban J connectivity index is 2.00. The monoisotopic (exact) mass is 259 g/mol. The number of nitrogens with zero attached hydrogens (tertiary/aromatic N) is 1. The van der Waals surface area contributed by atoms with Crippen molar-refractivity contribution in [3.05, 3.63) is 23.8 Å². The van der Waals surface area contributed by atoms with Gasteiger partial charge in [-0.1, -0.05) is 18.9 Å². The van der Waals surface area contributed by atoms with Crippen LogP contribution in [0.25, 0.3) is 0 Å². The Morgan fingerprint density at radius 3 is 2.74 bits per heavy atom. The largest absolute Gasteiger partial charge is 0.396 e. The third-order valence-corrected chi connectivity index (χ3v) is 4.08. The zero-order chi connectivity index (χ0) is 13.7. The molecule has 0 spiro atoms. The summed E-state index contributed by atoms with van der Waals surface area (Å²) in [6, 6.07) is 7.54. The molecule has 2 atom stereocenters. The number of rotatable bonds is 4. The van der Waals surface area contributed by atoms with E-state index >= 15 is 0 Å². The fraction of sp³-hybridized carbons (Fsp3) is 0.533. The topological polar surface area (TPSA) is 82.1 Å². The molecule has 1 saturated carbocycles. The van der Waals surface area contributed by atoms with Gasteiger partial charge in [0.1, 0.15) is 6.07 Å². The van der Waals surface area contributed by atoms with Gasteiger partial charge < -0.3 is 16.2 Å². The van der Waals surface area contributed by atoms with Crippen LogP contribution in [0.5, 0.6) is 0 Å². The van der Waals surface area contributed by atoms with Gasteiger partial charge in [-0.3, -0.25) is 0 Å². The van der Waals surface area contributed by atoms with Crippen LogP contribution in [-0.4, -0.2) is 18.3 Å². The highest BCUT2D eigenvalue weighted by molar-refractivity contribution is 5.72. The van der Waals surface area contributed by atoms with E-state index in [0.29, 0.717) is 23.1 Å². The van der Waals surface area contributed by atoms with Gasteiger partial charge in [0.05, 0.1) is 16.9 Å². The summed E-state index contributed by atoms with van der Waals surface area (Å²) in [6.45, 7) is 1.07. The molecule has 1 aromatic rings. The number of benzene rings is 1. The van der Waals surface area contributed by atoms with E-state index in [9.17, 15) is 5.11 Å². The zero-order valence-corrected chi connectivity index (χ0v) is 11.1. The lowest BCUT2D eigenvalue weighted by atomic mass is 9.79. The van der Waals surface area contributed by atoms with Crippen molar-refractivity contribution in [2.75, 3.05) is 24.2 Å². The van der Waals surface area contributed by atoms with Crippen molar-refractivity contribution in [2.24, 2.45) is 11.8 Å². The Morgan fingerprint density at radius 1 is 1.32 bits per heavy atom. The van der Waals surface area contributed by atoms with Crippen molar-refractivity contribution >= 4 is 11.4 Å². The molecule has 4 nitrogen and oxygen atoms in total. The van der Waals surface area contributed by atoms with Crippen LogP contribution in [0, 0.1) is 23.2 Å². The molecule has 2 unspecified atom stereocenters. The first-order chi connectivity index (χ1) is 9.26. The minimum absolute atomic E-state index is 0.264. The predicted molar refractivity (Wildman–Crippen MR) is 76.6 cm³/mol. The molecule has 0 bridgehead atoms. The van der Waals surface area contributed by atoms with Crippen molar-refractivity contribution < 1.29 is 5.11 Å². The molecule has 1 aliphatic rings. The summed E-state index contributed by atoms with van der Waals surface area (Å²) < 4.78 is 0. The van der Waals surface area contributed by atoms with Crippen molar-refractivity contribution in [3.63, 3.8) is 0 Å². The Kier molecular flexibility index (Phi) is 4.64. The number of nitrogens with one attached hydrogen (secondary N) is 1. The van der Waals surface area contributed by atoms with Crippen molar-refractivity contribution in [3.8, 4) is 6.07 Å². The second-order valence-corrected chi connectivity index (χ2v) is 5.25. The highest BCUT2D eigenvalue weighted by Gasteiger charge is 2.24. The summed E-state index contributed by atoms with van der Waals surface area (Å²) in [5, 5.41) is 21.7. The maximum atomic E-state index is 9.40. The Labute approximate surface area is 114 Å². The molecule has 0 aliphatic heterocycles. The van der Waals surface area contributed by atoms with Crippen LogP contribution < -0.4 is 11.1 Å². The number of nitrogen functional groups attached to an aromatic ring is 1. The summed E-state index contributed by atoms with van der Waals surface area (Å²) in [6.07, 6.45) is 4.71. The van der Waals surface area contributed by atoms with Gasteiger partial charge in [0.2, 0.25) is 0 Å². The zero-order valence-electron chi connectivity index (χ0n) is 11.1. The molecule has 4 heteroatoms. The standard InChI is InChI=1S/C15H21N3O/c16-8-11-6-3-7-14(15(11)17)18-9-12-4-1-2-5-13(12)10-19/h3,6-7,12-13,18-19H,1-2,4-5,9-10,17H2. The molecule has 0 heterocycles. The number of nitrogens with two attached hydrogens (primary N) is 1. The van der Waals surface area contributed by atoms with Crippen LogP contribution in [0.15, 0.2) is 18.2 Å². The average Bonchev–Trinajstić information content (AvgIpc) is 2.46. The van der Waals surface area contributed by atoms with Gasteiger partial charge in [0.25, 0.3) is 0 Å². The summed E-state index contributed by atoms with van der Waals surface area (Å²) in [4.78, 5) is 0. The lowest BCUT2D eigenvalue weighted by molar-refractivity contribution is 0.141. The van der Waals surface area contributed by atoms with E-state index in [0.717, 1.165) is 25.1 Å². The molecule has 4 N–H and O–H groups in total. The molecule has 2 rings (SSSR count). The maximum absolute atomic E-state index is 9.40. The molecule has 1 aliphatic carbocycles. The van der Waals surface area contributed by atoms with Crippen molar-refractivity contribution in [1.82, 2.24) is 0 Å². The SMILES string of the molecule is N#Cc1cccc(NCC2CCCCC2CO)c1N. The van der Waals surface area contributed by atoms with Crippen molar-refractivity contribution in [1.29, 1.82) is 5.26 Å². The van der Waals surface area contributed by atoms with Crippen LogP contribution >= 0.6 is 0 Å². The quantitative estimate of drug-likeness (QED) is 0.725. The minimum Gasteiger partial charge on any atom is -0.396 e. The average molecular weight is 259 g/mol. The first kappa shape index (κ1) is 13.7. The molecular weight excluding hydrogens is 238 g/mol. The Hall–Kier alpha value is -1.73. The normalized spacial score (nSPS) is 22.7. The number of aliphatic hydroxyl groups excluding tert-OH is 1. The van der Waals surface area contributed by atoms with Crippen LogP contribution in [0.3, 0.4) is 0 Å². The number of hydrogen-bond donors (Lipinski definition) is 3. The highest BCUT2D eigenvalue weighted by Crippen LogP contribution is 2.30. The van der Waals surface area contributed by atoms with E-state index in [1.807, 2.05) is 12.1 Å². The number of para-hydroxylation sites is 1. The second kappa shape index (κ2) is 6.44. The third kappa shape index (κ3) is 3.18. The van der Waals surface area contributed by atoms with Crippen LogP contribution in [-0.2, 0) is 0 Å². The van der Waals surface area contributed by atoms with Gasteiger partial charge in [-0.25, -0.2) is 0 Å². The predicted octanol–water partition coefficient (Wildman–Crippen LogP) is 2.35. The first-order valence-corrected chi connectivity index (χ1v) is 6.89. The van der Waals surface area contributed by atoms with Gasteiger partial charge in [0, 0.05) is 13.2 Å². The van der Waals surface area contributed by atoms with Gasteiger partial charge in [-0.15, -0.1) is 0 Å².